The summed E-state index contributed by atoms with van der Waals surface area (Å²) in [5.74, 6) is -1.55. The second-order valence-corrected chi connectivity index (χ2v) is 19.8. The van der Waals surface area contributed by atoms with Crippen molar-refractivity contribution >= 4 is 25.7 Å². The highest BCUT2D eigenvalue weighted by Crippen LogP contribution is 2.43. The number of unbranched alkanes of at least 4 members (excludes halogenated alkanes) is 26. The number of hydrogen-bond acceptors (Lipinski definition) is 10. The van der Waals surface area contributed by atoms with Crippen molar-refractivity contribution in [3.63, 3.8) is 0 Å². The largest absolute Gasteiger partial charge is 0.472 e. The fourth-order valence-electron chi connectivity index (χ4n) is 7.61. The van der Waals surface area contributed by atoms with Gasteiger partial charge in [0.05, 0.1) is 19.8 Å². The van der Waals surface area contributed by atoms with Crippen molar-refractivity contribution in [3.8, 4) is 0 Å². The van der Waals surface area contributed by atoms with Crippen molar-refractivity contribution in [2.75, 3.05) is 26.4 Å². The van der Waals surface area contributed by atoms with E-state index in [1.807, 2.05) is 12.2 Å². The number of ether oxygens (including phenoxy) is 3. The van der Waals surface area contributed by atoms with Crippen LogP contribution in [0.2, 0.25) is 0 Å². The van der Waals surface area contributed by atoms with Gasteiger partial charge in [-0.15, -0.1) is 0 Å². The molecule has 2 N–H and O–H groups in total. The number of rotatable bonds is 51. The van der Waals surface area contributed by atoms with Gasteiger partial charge in [-0.3, -0.25) is 23.4 Å². The minimum absolute atomic E-state index is 0.0496. The van der Waals surface area contributed by atoms with Gasteiger partial charge in [0.1, 0.15) is 12.7 Å². The van der Waals surface area contributed by atoms with E-state index in [2.05, 4.69) is 57.2 Å². The SMILES string of the molecule is CC/C=C\C/C=C\C/C=C\C/C=C\CCC(=O)OC(COC(=O)CCCCCCCCCCCCCCCCCCC)COP(=O)(O)OCC(CO)OC(=O)CCCCCCCCCCCCC. The van der Waals surface area contributed by atoms with E-state index in [0.29, 0.717) is 19.3 Å². The predicted molar refractivity (Wildman–Crippen MR) is 279 cm³/mol. The Bertz CT molecular complexity index is 1330. The lowest BCUT2D eigenvalue weighted by Crippen LogP contribution is -2.30. The highest BCUT2D eigenvalue weighted by Gasteiger charge is 2.28. The van der Waals surface area contributed by atoms with Crippen molar-refractivity contribution in [1.29, 1.82) is 0 Å². The van der Waals surface area contributed by atoms with Crippen molar-refractivity contribution in [2.45, 2.75) is 264 Å². The summed E-state index contributed by atoms with van der Waals surface area (Å²) in [4.78, 5) is 48.3. The Hall–Kier alpha value is -2.56. The molecular weight excluding hydrogens is 880 g/mol. The molecule has 0 spiro atoms. The van der Waals surface area contributed by atoms with Crippen LogP contribution in [0.3, 0.4) is 0 Å². The summed E-state index contributed by atoms with van der Waals surface area (Å²) in [5, 5.41) is 9.77. The van der Waals surface area contributed by atoms with Gasteiger partial charge in [0.2, 0.25) is 0 Å². The Morgan fingerprint density at radius 1 is 0.426 bits per heavy atom. The molecule has 0 aromatic heterocycles. The Balaban J connectivity index is 4.75. The smallest absolute Gasteiger partial charge is 0.462 e. The van der Waals surface area contributed by atoms with Gasteiger partial charge in [-0.2, -0.15) is 0 Å². The molecule has 12 heteroatoms. The second kappa shape index (κ2) is 50.8. The number of aliphatic hydroxyl groups excluding tert-OH is 1. The van der Waals surface area contributed by atoms with Crippen LogP contribution in [0.5, 0.6) is 0 Å². The molecule has 0 rings (SSSR count). The first-order chi connectivity index (χ1) is 33.2. The van der Waals surface area contributed by atoms with Gasteiger partial charge >= 0.3 is 25.7 Å². The van der Waals surface area contributed by atoms with Crippen molar-refractivity contribution < 1.29 is 52.2 Å². The summed E-state index contributed by atoms with van der Waals surface area (Å²) < 4.78 is 39.3. The van der Waals surface area contributed by atoms with Gasteiger partial charge in [0.25, 0.3) is 0 Å². The van der Waals surface area contributed by atoms with E-state index in [4.69, 9.17) is 23.3 Å². The van der Waals surface area contributed by atoms with E-state index < -0.39 is 57.8 Å². The molecule has 0 aromatic carbocycles. The number of aliphatic hydroxyl groups is 1. The number of esters is 3. The minimum atomic E-state index is -4.75. The third-order valence-electron chi connectivity index (χ3n) is 11.8. The summed E-state index contributed by atoms with van der Waals surface area (Å²) in [6, 6.07) is 0. The Labute approximate surface area is 415 Å². The molecule has 0 aromatic rings. The molecule has 0 heterocycles. The molecule has 11 nitrogen and oxygen atoms in total. The molecular formula is C56H101O11P. The molecule has 68 heavy (non-hydrogen) atoms. The van der Waals surface area contributed by atoms with Gasteiger partial charge in [-0.05, 0) is 44.9 Å². The highest BCUT2D eigenvalue weighted by atomic mass is 31.2. The van der Waals surface area contributed by atoms with Crippen LogP contribution < -0.4 is 0 Å². The number of phosphoric ester groups is 1. The van der Waals surface area contributed by atoms with Crippen LogP contribution in [0.1, 0.15) is 252 Å². The first kappa shape index (κ1) is 65.4. The molecule has 0 saturated heterocycles. The maximum Gasteiger partial charge on any atom is 0.472 e. The van der Waals surface area contributed by atoms with Crippen LogP contribution >= 0.6 is 7.82 Å². The zero-order valence-electron chi connectivity index (χ0n) is 43.6. The summed E-state index contributed by atoms with van der Waals surface area (Å²) in [6.45, 7) is 4.46. The zero-order valence-corrected chi connectivity index (χ0v) is 44.5. The number of carbonyl (C=O) groups excluding carboxylic acids is 3. The topological polar surface area (TPSA) is 155 Å². The summed E-state index contributed by atoms with van der Waals surface area (Å²) >= 11 is 0. The monoisotopic (exact) mass is 981 g/mol. The van der Waals surface area contributed by atoms with Crippen LogP contribution in [-0.4, -0.2) is 66.5 Å². The molecule has 0 radical (unpaired) electrons. The van der Waals surface area contributed by atoms with E-state index >= 15 is 0 Å². The number of hydrogen-bond donors (Lipinski definition) is 2. The summed E-state index contributed by atoms with van der Waals surface area (Å²) in [6.07, 6.45) is 52.4. The van der Waals surface area contributed by atoms with Gasteiger partial charge in [0.15, 0.2) is 6.10 Å². The lowest BCUT2D eigenvalue weighted by Gasteiger charge is -2.21. The predicted octanol–water partition coefficient (Wildman–Crippen LogP) is 15.8. The molecule has 0 aliphatic carbocycles. The van der Waals surface area contributed by atoms with Gasteiger partial charge in [-0.1, -0.05) is 236 Å². The first-order valence-corrected chi connectivity index (χ1v) is 29.0. The quantitative estimate of drug-likeness (QED) is 0.0197. The van der Waals surface area contributed by atoms with Crippen molar-refractivity contribution in [1.82, 2.24) is 0 Å². The first-order valence-electron chi connectivity index (χ1n) is 27.5. The molecule has 0 bridgehead atoms. The maximum absolute atomic E-state index is 12.8. The normalized spacial score (nSPS) is 13.8. The van der Waals surface area contributed by atoms with E-state index in [-0.39, 0.29) is 25.9 Å². The lowest BCUT2D eigenvalue weighted by atomic mass is 10.0. The molecule has 396 valence electrons. The van der Waals surface area contributed by atoms with Crippen LogP contribution in [0, 0.1) is 0 Å². The number of carbonyl (C=O) groups is 3. The van der Waals surface area contributed by atoms with Crippen molar-refractivity contribution in [2.24, 2.45) is 0 Å². The van der Waals surface area contributed by atoms with E-state index in [0.717, 1.165) is 64.2 Å². The Morgan fingerprint density at radius 2 is 0.765 bits per heavy atom. The molecule has 0 saturated carbocycles. The number of phosphoric acid groups is 1. The van der Waals surface area contributed by atoms with Crippen molar-refractivity contribution in [3.05, 3.63) is 48.6 Å². The second-order valence-electron chi connectivity index (χ2n) is 18.4. The Kier molecular flexibility index (Phi) is 48.9. The molecule has 0 fully saturated rings. The minimum Gasteiger partial charge on any atom is -0.462 e. The molecule has 0 aliphatic heterocycles. The molecule has 0 aliphatic rings. The van der Waals surface area contributed by atoms with E-state index in [9.17, 15) is 28.9 Å². The Morgan fingerprint density at radius 3 is 1.18 bits per heavy atom. The van der Waals surface area contributed by atoms with Gasteiger partial charge in [0, 0.05) is 19.3 Å². The molecule has 0 amide bonds. The summed E-state index contributed by atoms with van der Waals surface area (Å²) in [7, 11) is -4.75. The fraction of sp³-hybridized carbons (Fsp3) is 0.804. The van der Waals surface area contributed by atoms with Gasteiger partial charge < -0.3 is 24.2 Å². The average molecular weight is 981 g/mol. The fourth-order valence-corrected chi connectivity index (χ4v) is 8.39. The van der Waals surface area contributed by atoms with E-state index in [1.54, 1.807) is 0 Å². The third kappa shape index (κ3) is 48.5. The van der Waals surface area contributed by atoms with E-state index in [1.165, 1.54) is 128 Å². The summed E-state index contributed by atoms with van der Waals surface area (Å²) in [5.41, 5.74) is 0. The van der Waals surface area contributed by atoms with Crippen LogP contribution in [0.4, 0.5) is 0 Å². The third-order valence-corrected chi connectivity index (χ3v) is 12.7. The average Bonchev–Trinajstić information content (AvgIpc) is 3.32. The standard InChI is InChI=1S/C56H101O11P/c1-4-7-10-13-16-19-22-24-25-26-27-29-31-33-36-39-42-45-54(58)63-49-53(67-56(60)47-44-41-38-35-32-28-23-20-17-14-11-8-5-2)51-65-68(61,62)64-50-52(48-57)66-55(59)46-43-40-37-34-30-21-18-15-12-9-6-3/h8,11,17,20,28,32,38,41,52-53,57H,4-7,9-10,12-16,18-19,21-27,29-31,33-37,39-40,42-51H2,1-3H3,(H,61,62)/b11-8-,20-17-,32-28-,41-38-. The van der Waals surface area contributed by atoms with Crippen LogP contribution in [-0.2, 0) is 42.2 Å². The van der Waals surface area contributed by atoms with Gasteiger partial charge in [-0.25, -0.2) is 4.57 Å². The van der Waals surface area contributed by atoms with Crippen LogP contribution in [0.25, 0.3) is 0 Å². The highest BCUT2D eigenvalue weighted by molar-refractivity contribution is 7.47. The molecule has 3 unspecified atom stereocenters. The zero-order chi connectivity index (χ0) is 49.9. The maximum atomic E-state index is 12.8. The molecule has 3 atom stereocenters. The lowest BCUT2D eigenvalue weighted by molar-refractivity contribution is -0.161. The number of allylic oxidation sites excluding steroid dienone is 8. The van der Waals surface area contributed by atoms with Crippen LogP contribution in [0.15, 0.2) is 48.6 Å².